The van der Waals surface area contributed by atoms with Crippen LogP contribution in [0.4, 0.5) is 17.1 Å². The maximum atomic E-state index is 6.85. The third kappa shape index (κ3) is 5.66. The van der Waals surface area contributed by atoms with Crippen LogP contribution in [-0.2, 0) is 0 Å². The lowest BCUT2D eigenvalue weighted by molar-refractivity contribution is 0.621. The molecule has 9 aromatic carbocycles. The molecule has 57 heavy (non-hydrogen) atoms. The molecule has 0 radical (unpaired) electrons. The van der Waals surface area contributed by atoms with Crippen molar-refractivity contribution in [3.05, 3.63) is 206 Å². The number of oxazole rings is 1. The van der Waals surface area contributed by atoms with Crippen LogP contribution in [0, 0.1) is 0 Å². The van der Waals surface area contributed by atoms with E-state index >= 15 is 0 Å². The molecule has 0 aliphatic rings. The van der Waals surface area contributed by atoms with Crippen molar-refractivity contribution in [2.45, 2.75) is 0 Å². The van der Waals surface area contributed by atoms with Crippen molar-refractivity contribution in [1.82, 2.24) is 4.98 Å². The summed E-state index contributed by atoms with van der Waals surface area (Å²) >= 11 is 0. The van der Waals surface area contributed by atoms with Crippen molar-refractivity contribution in [3.63, 3.8) is 0 Å². The van der Waals surface area contributed by atoms with Gasteiger partial charge in [-0.25, -0.2) is 4.98 Å². The fourth-order valence-electron chi connectivity index (χ4n) is 8.23. The Morgan fingerprint density at radius 3 is 1.53 bits per heavy atom. The van der Waals surface area contributed by atoms with Crippen LogP contribution in [0.2, 0.25) is 0 Å². The zero-order valence-electron chi connectivity index (χ0n) is 30.8. The van der Waals surface area contributed by atoms with Crippen LogP contribution in [0.3, 0.4) is 0 Å². The maximum Gasteiger partial charge on any atom is 0.227 e. The number of para-hydroxylation sites is 1. The van der Waals surface area contributed by atoms with Crippen molar-refractivity contribution < 1.29 is 8.83 Å². The van der Waals surface area contributed by atoms with Gasteiger partial charge in [0.15, 0.2) is 5.58 Å². The lowest BCUT2D eigenvalue weighted by atomic mass is 9.95. The van der Waals surface area contributed by atoms with E-state index in [0.717, 1.165) is 77.6 Å². The highest BCUT2D eigenvalue weighted by Gasteiger charge is 2.23. The summed E-state index contributed by atoms with van der Waals surface area (Å²) in [6.45, 7) is 0. The number of hydrogen-bond donors (Lipinski definition) is 0. The monoisotopic (exact) mass is 730 g/mol. The molecule has 4 nitrogen and oxygen atoms in total. The Labute approximate surface area is 329 Å². The molecular formula is C53H34N2O2. The molecule has 0 saturated carbocycles. The van der Waals surface area contributed by atoms with Crippen LogP contribution in [0.1, 0.15) is 0 Å². The molecule has 2 aromatic heterocycles. The fourth-order valence-corrected chi connectivity index (χ4v) is 8.23. The molecule has 4 heteroatoms. The van der Waals surface area contributed by atoms with E-state index < -0.39 is 0 Å². The minimum Gasteiger partial charge on any atom is -0.456 e. The van der Waals surface area contributed by atoms with Crippen LogP contribution in [0.25, 0.3) is 88.6 Å². The van der Waals surface area contributed by atoms with Gasteiger partial charge in [0, 0.05) is 44.7 Å². The molecule has 0 saturated heterocycles. The highest BCUT2D eigenvalue weighted by Crippen LogP contribution is 2.47. The molecule has 0 aliphatic carbocycles. The first kappa shape index (κ1) is 32.7. The molecule has 11 rings (SSSR count). The van der Waals surface area contributed by atoms with E-state index in [1.165, 1.54) is 22.3 Å². The van der Waals surface area contributed by atoms with E-state index in [1.807, 2.05) is 36.4 Å². The largest absolute Gasteiger partial charge is 0.456 e. The first-order chi connectivity index (χ1) is 28.3. The molecule has 0 fully saturated rings. The molecule has 11 aromatic rings. The highest BCUT2D eigenvalue weighted by molar-refractivity contribution is 6.26. The smallest absolute Gasteiger partial charge is 0.227 e. The first-order valence-electron chi connectivity index (χ1n) is 19.2. The maximum absolute atomic E-state index is 6.85. The summed E-state index contributed by atoms with van der Waals surface area (Å²) in [6, 6.07) is 72.1. The van der Waals surface area contributed by atoms with Gasteiger partial charge < -0.3 is 13.7 Å². The van der Waals surface area contributed by atoms with E-state index in [-0.39, 0.29) is 0 Å². The first-order valence-corrected chi connectivity index (χ1v) is 19.2. The Balaban J connectivity index is 1.12. The van der Waals surface area contributed by atoms with Gasteiger partial charge >= 0.3 is 0 Å². The van der Waals surface area contributed by atoms with Crippen molar-refractivity contribution in [1.29, 1.82) is 0 Å². The average molecular weight is 731 g/mol. The minimum absolute atomic E-state index is 0.603. The van der Waals surface area contributed by atoms with Gasteiger partial charge in [-0.15, -0.1) is 0 Å². The Morgan fingerprint density at radius 1 is 0.368 bits per heavy atom. The van der Waals surface area contributed by atoms with Crippen LogP contribution in [0.15, 0.2) is 215 Å². The quantitative estimate of drug-likeness (QED) is 0.164. The Kier molecular flexibility index (Phi) is 7.78. The molecule has 0 atom stereocenters. The molecule has 0 spiro atoms. The Bertz CT molecular complexity index is 3120. The second-order valence-corrected chi connectivity index (χ2v) is 14.3. The van der Waals surface area contributed by atoms with Crippen LogP contribution >= 0.6 is 0 Å². The average Bonchev–Trinajstić information content (AvgIpc) is 3.90. The zero-order chi connectivity index (χ0) is 37.7. The van der Waals surface area contributed by atoms with Crippen molar-refractivity contribution in [3.8, 4) is 44.8 Å². The third-order valence-corrected chi connectivity index (χ3v) is 10.9. The lowest BCUT2D eigenvalue weighted by Crippen LogP contribution is -2.10. The zero-order valence-corrected chi connectivity index (χ0v) is 30.8. The summed E-state index contributed by atoms with van der Waals surface area (Å²) in [5.41, 5.74) is 14.0. The number of benzene rings is 9. The van der Waals surface area contributed by atoms with Gasteiger partial charge in [-0.1, -0.05) is 152 Å². The standard InChI is InChI=1S/C53H34N2O2/c1-4-14-35(15-5-1)37-26-30-40(31-27-37)55(41-32-28-38(29-33-41)36-16-6-2-7-17-36)47-34-49-51(43-21-11-10-20-42(43)47)50-44(22-13-25-48(50)56-49)45-23-12-24-46-52(45)57-53(54-46)39-18-8-3-9-19-39/h1-34H. The number of hydrogen-bond acceptors (Lipinski definition) is 4. The number of furan rings is 1. The minimum atomic E-state index is 0.603. The van der Waals surface area contributed by atoms with E-state index in [9.17, 15) is 0 Å². The number of nitrogens with zero attached hydrogens (tertiary/aromatic N) is 2. The molecule has 0 amide bonds. The molecule has 268 valence electrons. The van der Waals surface area contributed by atoms with Gasteiger partial charge in [0.25, 0.3) is 0 Å². The van der Waals surface area contributed by atoms with Crippen molar-refractivity contribution >= 4 is 60.9 Å². The van der Waals surface area contributed by atoms with Gasteiger partial charge in [0.2, 0.25) is 5.89 Å². The molecule has 0 unspecified atom stereocenters. The predicted molar refractivity (Wildman–Crippen MR) is 235 cm³/mol. The lowest BCUT2D eigenvalue weighted by Gasteiger charge is -2.27. The van der Waals surface area contributed by atoms with E-state index in [2.05, 4.69) is 175 Å². The number of fused-ring (bicyclic) bond motifs is 6. The van der Waals surface area contributed by atoms with E-state index in [4.69, 9.17) is 13.8 Å². The molecule has 0 bridgehead atoms. The van der Waals surface area contributed by atoms with Crippen LogP contribution in [-0.4, -0.2) is 4.98 Å². The number of anilines is 3. The fraction of sp³-hybridized carbons (Fsp3) is 0. The Morgan fingerprint density at radius 2 is 0.895 bits per heavy atom. The molecular weight excluding hydrogens is 697 g/mol. The van der Waals surface area contributed by atoms with Gasteiger partial charge in [-0.2, -0.15) is 0 Å². The molecule has 0 N–H and O–H groups in total. The summed E-state index contributed by atoms with van der Waals surface area (Å²) in [6.07, 6.45) is 0. The molecule has 0 aliphatic heterocycles. The summed E-state index contributed by atoms with van der Waals surface area (Å²) in [7, 11) is 0. The molecule has 2 heterocycles. The van der Waals surface area contributed by atoms with Gasteiger partial charge in [-0.05, 0) is 81.7 Å². The normalized spacial score (nSPS) is 11.5. The van der Waals surface area contributed by atoms with Crippen molar-refractivity contribution in [2.24, 2.45) is 0 Å². The number of rotatable bonds is 7. The Hall–Kier alpha value is -7.69. The summed E-state index contributed by atoms with van der Waals surface area (Å²) < 4.78 is 13.4. The second kappa shape index (κ2) is 13.6. The SMILES string of the molecule is c1ccc(-c2ccc(N(c3ccc(-c4ccccc4)cc3)c3cc4oc5cccc(-c6cccc7nc(-c8ccccc8)oc67)c5c4c4ccccc34)cc2)cc1. The summed E-state index contributed by atoms with van der Waals surface area (Å²) in [5, 5.41) is 4.34. The van der Waals surface area contributed by atoms with E-state index in [0.29, 0.717) is 5.89 Å². The highest BCUT2D eigenvalue weighted by atomic mass is 16.3. The predicted octanol–water partition coefficient (Wildman–Crippen LogP) is 15.0. The topological polar surface area (TPSA) is 42.4 Å². The second-order valence-electron chi connectivity index (χ2n) is 14.3. The van der Waals surface area contributed by atoms with Crippen LogP contribution in [0.5, 0.6) is 0 Å². The third-order valence-electron chi connectivity index (χ3n) is 10.9. The van der Waals surface area contributed by atoms with E-state index in [1.54, 1.807) is 0 Å². The summed E-state index contributed by atoms with van der Waals surface area (Å²) in [5.74, 6) is 0.603. The van der Waals surface area contributed by atoms with Crippen molar-refractivity contribution in [2.75, 3.05) is 4.90 Å². The number of aromatic nitrogens is 1. The van der Waals surface area contributed by atoms with Crippen LogP contribution < -0.4 is 4.90 Å². The summed E-state index contributed by atoms with van der Waals surface area (Å²) in [4.78, 5) is 7.23. The van der Waals surface area contributed by atoms with Gasteiger partial charge in [-0.3, -0.25) is 0 Å². The van der Waals surface area contributed by atoms with Gasteiger partial charge in [0.05, 0.1) is 5.69 Å². The van der Waals surface area contributed by atoms with Gasteiger partial charge in [0.1, 0.15) is 16.7 Å².